The van der Waals surface area contributed by atoms with Crippen LogP contribution in [0.4, 0.5) is 8.78 Å². The maximum atomic E-state index is 14.9. The molecule has 1 aromatic heterocycles. The Hall–Kier alpha value is -4.25. The van der Waals surface area contributed by atoms with E-state index in [4.69, 9.17) is 0 Å². The Morgan fingerprint density at radius 1 is 0.438 bits per heavy atom. The smallest absolute Gasteiger partial charge is 0.167 e. The van der Waals surface area contributed by atoms with Gasteiger partial charge in [0.25, 0.3) is 0 Å². The highest BCUT2D eigenvalue weighted by atomic mass is 19.1. The van der Waals surface area contributed by atoms with Gasteiger partial charge in [0.15, 0.2) is 17.5 Å². The zero-order valence-electron chi connectivity index (χ0n) is 16.9. The standard InChI is InChI=1S/C27H17F2N3/c28-22-14-11-18(12-15-22)21-13-16-24(29)23(17-21)27-31-25(19-7-3-1-4-8-19)30-26(32-27)20-9-5-2-6-10-20/h1-17H. The molecule has 3 nitrogen and oxygen atoms in total. The second kappa shape index (κ2) is 8.47. The van der Waals surface area contributed by atoms with E-state index in [-0.39, 0.29) is 17.2 Å². The summed E-state index contributed by atoms with van der Waals surface area (Å²) >= 11 is 0. The molecule has 4 aromatic carbocycles. The lowest BCUT2D eigenvalue weighted by Gasteiger charge is -2.10. The molecular formula is C27H17F2N3. The molecule has 0 spiro atoms. The molecule has 32 heavy (non-hydrogen) atoms. The molecule has 0 aliphatic carbocycles. The normalized spacial score (nSPS) is 10.8. The van der Waals surface area contributed by atoms with Gasteiger partial charge < -0.3 is 0 Å². The molecule has 5 aromatic rings. The molecule has 0 aliphatic heterocycles. The fourth-order valence-corrected chi connectivity index (χ4v) is 3.45. The maximum absolute atomic E-state index is 14.9. The number of nitrogens with zero attached hydrogens (tertiary/aromatic N) is 3. The predicted octanol–water partition coefficient (Wildman–Crippen LogP) is 6.82. The molecule has 1 heterocycles. The summed E-state index contributed by atoms with van der Waals surface area (Å²) in [6.45, 7) is 0. The van der Waals surface area contributed by atoms with E-state index in [2.05, 4.69) is 15.0 Å². The number of hydrogen-bond donors (Lipinski definition) is 0. The SMILES string of the molecule is Fc1ccc(-c2ccc(F)c(-c3nc(-c4ccccc4)nc(-c4ccccc4)n3)c2)cc1. The third kappa shape index (κ3) is 4.01. The zero-order chi connectivity index (χ0) is 21.9. The van der Waals surface area contributed by atoms with Gasteiger partial charge in [0, 0.05) is 11.1 Å². The average molecular weight is 421 g/mol. The van der Waals surface area contributed by atoms with E-state index in [0.717, 1.165) is 22.3 Å². The Kier molecular flexibility index (Phi) is 5.22. The molecule has 0 atom stereocenters. The fourth-order valence-electron chi connectivity index (χ4n) is 3.45. The first-order valence-electron chi connectivity index (χ1n) is 10.1. The summed E-state index contributed by atoms with van der Waals surface area (Å²) in [4.78, 5) is 13.8. The van der Waals surface area contributed by atoms with Crippen LogP contribution < -0.4 is 0 Å². The van der Waals surface area contributed by atoms with Crippen LogP contribution in [0.15, 0.2) is 103 Å². The summed E-state index contributed by atoms with van der Waals surface area (Å²) in [5, 5.41) is 0. The molecule has 0 fully saturated rings. The molecule has 0 saturated carbocycles. The van der Waals surface area contributed by atoms with Crippen molar-refractivity contribution in [2.75, 3.05) is 0 Å². The van der Waals surface area contributed by atoms with Crippen molar-refractivity contribution in [3.05, 3.63) is 115 Å². The first-order chi connectivity index (χ1) is 15.7. The zero-order valence-corrected chi connectivity index (χ0v) is 16.9. The Bertz CT molecular complexity index is 1310. The Balaban J connectivity index is 1.69. The van der Waals surface area contributed by atoms with Gasteiger partial charge in [-0.05, 0) is 35.4 Å². The van der Waals surface area contributed by atoms with Crippen molar-refractivity contribution in [2.45, 2.75) is 0 Å². The van der Waals surface area contributed by atoms with E-state index in [1.165, 1.54) is 18.2 Å². The fraction of sp³-hybridized carbons (Fsp3) is 0. The third-order valence-corrected chi connectivity index (χ3v) is 5.08. The van der Waals surface area contributed by atoms with Gasteiger partial charge in [-0.3, -0.25) is 0 Å². The van der Waals surface area contributed by atoms with Crippen LogP contribution in [0.1, 0.15) is 0 Å². The van der Waals surface area contributed by atoms with Gasteiger partial charge in [-0.1, -0.05) is 78.9 Å². The van der Waals surface area contributed by atoms with Crippen molar-refractivity contribution in [3.63, 3.8) is 0 Å². The van der Waals surface area contributed by atoms with Gasteiger partial charge in [0.2, 0.25) is 0 Å². The topological polar surface area (TPSA) is 38.7 Å². The summed E-state index contributed by atoms with van der Waals surface area (Å²) in [7, 11) is 0. The number of halogens is 2. The maximum Gasteiger partial charge on any atom is 0.167 e. The number of benzene rings is 4. The van der Waals surface area contributed by atoms with E-state index >= 15 is 0 Å². The minimum absolute atomic E-state index is 0.235. The van der Waals surface area contributed by atoms with E-state index in [0.29, 0.717) is 11.6 Å². The van der Waals surface area contributed by atoms with E-state index in [9.17, 15) is 8.78 Å². The van der Waals surface area contributed by atoms with Crippen LogP contribution in [0.3, 0.4) is 0 Å². The summed E-state index contributed by atoms with van der Waals surface area (Å²) in [5.74, 6) is 0.384. The molecule has 0 amide bonds. The molecule has 5 rings (SSSR count). The van der Waals surface area contributed by atoms with E-state index in [1.807, 2.05) is 60.7 Å². The molecule has 0 bridgehead atoms. The van der Waals surface area contributed by atoms with Crippen LogP contribution in [0.25, 0.3) is 45.3 Å². The largest absolute Gasteiger partial charge is 0.208 e. The first-order valence-corrected chi connectivity index (χ1v) is 10.1. The van der Waals surface area contributed by atoms with Gasteiger partial charge in [0.1, 0.15) is 11.6 Å². The summed E-state index contributed by atoms with van der Waals surface area (Å²) in [6.07, 6.45) is 0. The van der Waals surface area contributed by atoms with Crippen molar-refractivity contribution in [3.8, 4) is 45.3 Å². The third-order valence-electron chi connectivity index (χ3n) is 5.08. The quantitative estimate of drug-likeness (QED) is 0.320. The lowest BCUT2D eigenvalue weighted by atomic mass is 10.0. The van der Waals surface area contributed by atoms with E-state index in [1.54, 1.807) is 24.3 Å². The van der Waals surface area contributed by atoms with Gasteiger partial charge in [-0.2, -0.15) is 0 Å². The van der Waals surface area contributed by atoms with E-state index < -0.39 is 5.82 Å². The lowest BCUT2D eigenvalue weighted by molar-refractivity contribution is 0.627. The molecule has 5 heteroatoms. The van der Waals surface area contributed by atoms with Gasteiger partial charge in [-0.15, -0.1) is 0 Å². The molecule has 0 radical (unpaired) electrons. The van der Waals surface area contributed by atoms with Crippen molar-refractivity contribution in [1.82, 2.24) is 15.0 Å². The Labute approximate surface area is 184 Å². The predicted molar refractivity (Wildman–Crippen MR) is 121 cm³/mol. The number of aromatic nitrogens is 3. The van der Waals surface area contributed by atoms with Gasteiger partial charge >= 0.3 is 0 Å². The molecule has 154 valence electrons. The highest BCUT2D eigenvalue weighted by molar-refractivity contribution is 5.72. The van der Waals surface area contributed by atoms with Crippen molar-refractivity contribution >= 4 is 0 Å². The minimum atomic E-state index is -0.444. The number of hydrogen-bond acceptors (Lipinski definition) is 3. The van der Waals surface area contributed by atoms with Gasteiger partial charge in [-0.25, -0.2) is 23.7 Å². The van der Waals surface area contributed by atoms with Crippen molar-refractivity contribution < 1.29 is 8.78 Å². The summed E-state index contributed by atoms with van der Waals surface area (Å²) in [5.41, 5.74) is 3.38. The van der Waals surface area contributed by atoms with Crippen LogP contribution >= 0.6 is 0 Å². The van der Waals surface area contributed by atoms with Crippen molar-refractivity contribution in [1.29, 1.82) is 0 Å². The average Bonchev–Trinajstić information content (AvgIpc) is 2.86. The summed E-state index contributed by atoms with van der Waals surface area (Å²) in [6, 6.07) is 29.8. The highest BCUT2D eigenvalue weighted by Gasteiger charge is 2.16. The molecule has 0 aliphatic rings. The molecule has 0 saturated heterocycles. The van der Waals surface area contributed by atoms with Crippen LogP contribution in [-0.2, 0) is 0 Å². The van der Waals surface area contributed by atoms with Gasteiger partial charge in [0.05, 0.1) is 5.56 Å². The molecular weight excluding hydrogens is 404 g/mol. The highest BCUT2D eigenvalue weighted by Crippen LogP contribution is 2.30. The van der Waals surface area contributed by atoms with Crippen LogP contribution in [0, 0.1) is 11.6 Å². The summed E-state index contributed by atoms with van der Waals surface area (Å²) < 4.78 is 28.3. The van der Waals surface area contributed by atoms with Crippen LogP contribution in [0.5, 0.6) is 0 Å². The lowest BCUT2D eigenvalue weighted by Crippen LogP contribution is -2.01. The Morgan fingerprint density at radius 2 is 0.938 bits per heavy atom. The monoisotopic (exact) mass is 421 g/mol. The molecule has 0 unspecified atom stereocenters. The van der Waals surface area contributed by atoms with Crippen molar-refractivity contribution in [2.24, 2.45) is 0 Å². The van der Waals surface area contributed by atoms with Crippen LogP contribution in [-0.4, -0.2) is 15.0 Å². The second-order valence-electron chi connectivity index (χ2n) is 7.24. The Morgan fingerprint density at radius 3 is 1.50 bits per heavy atom. The second-order valence-corrected chi connectivity index (χ2v) is 7.24. The number of rotatable bonds is 4. The van der Waals surface area contributed by atoms with Crippen LogP contribution in [0.2, 0.25) is 0 Å². The molecule has 0 N–H and O–H groups in total. The minimum Gasteiger partial charge on any atom is -0.208 e. The first kappa shape index (κ1) is 19.7.